The van der Waals surface area contributed by atoms with E-state index in [4.69, 9.17) is 5.11 Å². The van der Waals surface area contributed by atoms with Crippen LogP contribution in [0.4, 0.5) is 0 Å². The number of carboxylic acid groups (broad SMARTS) is 1. The number of carboxylic acids is 1. The minimum Gasteiger partial charge on any atom is -0.478 e. The fourth-order valence-electron chi connectivity index (χ4n) is 0.574. The number of carbonyl (C=O) groups is 1. The van der Waals surface area contributed by atoms with Crippen molar-refractivity contribution in [3.63, 3.8) is 0 Å². The molecule has 0 rings (SSSR count). The van der Waals surface area contributed by atoms with Crippen LogP contribution in [0.15, 0.2) is 24.3 Å². The molecule has 11 heavy (non-hydrogen) atoms. The van der Waals surface area contributed by atoms with E-state index in [9.17, 15) is 4.79 Å². The van der Waals surface area contributed by atoms with Crippen molar-refractivity contribution in [1.82, 2.24) is 0 Å². The lowest BCUT2D eigenvalue weighted by molar-refractivity contribution is -0.131. The van der Waals surface area contributed by atoms with Crippen molar-refractivity contribution in [3.05, 3.63) is 24.3 Å². The van der Waals surface area contributed by atoms with Crippen LogP contribution in [0.25, 0.3) is 0 Å². The van der Waals surface area contributed by atoms with Gasteiger partial charge in [0.1, 0.15) is 0 Å². The second-order valence-electron chi connectivity index (χ2n) is 2.72. The SMILES string of the molecule is C=C(C)C(C)C/C=C\C(=O)O. The van der Waals surface area contributed by atoms with Gasteiger partial charge in [-0.05, 0) is 19.3 Å². The smallest absolute Gasteiger partial charge is 0.327 e. The highest BCUT2D eigenvalue weighted by Crippen LogP contribution is 2.11. The van der Waals surface area contributed by atoms with E-state index in [2.05, 4.69) is 6.58 Å². The Bertz CT molecular complexity index is 180. The molecule has 0 radical (unpaired) electrons. The minimum atomic E-state index is -0.890. The van der Waals surface area contributed by atoms with Crippen LogP contribution in [-0.4, -0.2) is 11.1 Å². The lowest BCUT2D eigenvalue weighted by atomic mass is 10.0. The van der Waals surface area contributed by atoms with Crippen LogP contribution in [0.1, 0.15) is 20.3 Å². The first-order valence-corrected chi connectivity index (χ1v) is 3.59. The summed E-state index contributed by atoms with van der Waals surface area (Å²) < 4.78 is 0. The standard InChI is InChI=1S/C9H14O2/c1-7(2)8(3)5-4-6-9(10)11/h4,6,8H,1,5H2,2-3H3,(H,10,11)/b6-4-. The largest absolute Gasteiger partial charge is 0.478 e. The molecule has 1 N–H and O–H groups in total. The van der Waals surface area contributed by atoms with Gasteiger partial charge in [0, 0.05) is 6.08 Å². The third kappa shape index (κ3) is 5.40. The van der Waals surface area contributed by atoms with Crippen molar-refractivity contribution >= 4 is 5.97 Å². The zero-order valence-electron chi connectivity index (χ0n) is 7.00. The Morgan fingerprint density at radius 1 is 1.73 bits per heavy atom. The monoisotopic (exact) mass is 154 g/mol. The molecule has 0 aromatic heterocycles. The van der Waals surface area contributed by atoms with Crippen molar-refractivity contribution in [2.24, 2.45) is 5.92 Å². The van der Waals surface area contributed by atoms with Crippen molar-refractivity contribution < 1.29 is 9.90 Å². The topological polar surface area (TPSA) is 37.3 Å². The molecular formula is C9H14O2. The first kappa shape index (κ1) is 9.95. The molecule has 0 spiro atoms. The molecule has 0 heterocycles. The van der Waals surface area contributed by atoms with E-state index < -0.39 is 5.97 Å². The molecule has 0 fully saturated rings. The fraction of sp³-hybridized carbons (Fsp3) is 0.444. The molecule has 0 saturated carbocycles. The molecule has 1 atom stereocenters. The van der Waals surface area contributed by atoms with E-state index in [1.807, 2.05) is 13.8 Å². The summed E-state index contributed by atoms with van der Waals surface area (Å²) in [5.41, 5.74) is 1.08. The van der Waals surface area contributed by atoms with Gasteiger partial charge in [-0.1, -0.05) is 25.2 Å². The van der Waals surface area contributed by atoms with Crippen molar-refractivity contribution in [2.45, 2.75) is 20.3 Å². The van der Waals surface area contributed by atoms with Crippen molar-refractivity contribution in [1.29, 1.82) is 0 Å². The number of allylic oxidation sites excluding steroid dienone is 2. The van der Waals surface area contributed by atoms with Gasteiger partial charge in [0.25, 0.3) is 0 Å². The first-order chi connectivity index (χ1) is 5.04. The summed E-state index contributed by atoms with van der Waals surface area (Å²) in [5.74, 6) is -0.524. The van der Waals surface area contributed by atoms with E-state index in [0.717, 1.165) is 12.0 Å². The molecule has 2 heteroatoms. The Morgan fingerprint density at radius 3 is 2.64 bits per heavy atom. The Kier molecular flexibility index (Phi) is 4.27. The number of hydrogen-bond donors (Lipinski definition) is 1. The maximum Gasteiger partial charge on any atom is 0.327 e. The van der Waals surface area contributed by atoms with E-state index in [-0.39, 0.29) is 0 Å². The zero-order valence-corrected chi connectivity index (χ0v) is 7.00. The van der Waals surface area contributed by atoms with Crippen LogP contribution in [-0.2, 0) is 4.79 Å². The predicted molar refractivity (Wildman–Crippen MR) is 45.4 cm³/mol. The Hall–Kier alpha value is -1.05. The van der Waals surface area contributed by atoms with E-state index in [1.165, 1.54) is 6.08 Å². The predicted octanol–water partition coefficient (Wildman–Crippen LogP) is 2.23. The maximum absolute atomic E-state index is 10.0. The molecule has 0 aromatic carbocycles. The van der Waals surface area contributed by atoms with Crippen molar-refractivity contribution in [2.75, 3.05) is 0 Å². The summed E-state index contributed by atoms with van der Waals surface area (Å²) in [6.07, 6.45) is 3.57. The Morgan fingerprint density at radius 2 is 2.27 bits per heavy atom. The highest BCUT2D eigenvalue weighted by molar-refractivity contribution is 5.79. The van der Waals surface area contributed by atoms with Gasteiger partial charge in [-0.15, -0.1) is 0 Å². The Labute approximate surface area is 67.2 Å². The lowest BCUT2D eigenvalue weighted by Gasteiger charge is -2.05. The molecule has 1 unspecified atom stereocenters. The second-order valence-corrected chi connectivity index (χ2v) is 2.72. The molecule has 0 saturated heterocycles. The summed E-state index contributed by atoms with van der Waals surface area (Å²) >= 11 is 0. The summed E-state index contributed by atoms with van der Waals surface area (Å²) in [6, 6.07) is 0. The summed E-state index contributed by atoms with van der Waals surface area (Å²) in [5, 5.41) is 8.26. The quantitative estimate of drug-likeness (QED) is 0.498. The van der Waals surface area contributed by atoms with Crippen LogP contribution in [0.3, 0.4) is 0 Å². The van der Waals surface area contributed by atoms with E-state index in [0.29, 0.717) is 5.92 Å². The molecule has 2 nitrogen and oxygen atoms in total. The summed E-state index contributed by atoms with van der Waals surface area (Å²) in [6.45, 7) is 7.74. The third-order valence-corrected chi connectivity index (χ3v) is 1.59. The Balaban J connectivity index is 3.70. The van der Waals surface area contributed by atoms with Gasteiger partial charge >= 0.3 is 5.97 Å². The van der Waals surface area contributed by atoms with Crippen LogP contribution in [0.2, 0.25) is 0 Å². The molecule has 0 aromatic rings. The second kappa shape index (κ2) is 4.72. The van der Waals surface area contributed by atoms with Gasteiger partial charge in [-0.3, -0.25) is 0 Å². The first-order valence-electron chi connectivity index (χ1n) is 3.59. The van der Waals surface area contributed by atoms with Crippen LogP contribution in [0, 0.1) is 5.92 Å². The fourth-order valence-corrected chi connectivity index (χ4v) is 0.574. The number of rotatable bonds is 4. The van der Waals surface area contributed by atoms with Crippen LogP contribution >= 0.6 is 0 Å². The van der Waals surface area contributed by atoms with Crippen LogP contribution in [0.5, 0.6) is 0 Å². The van der Waals surface area contributed by atoms with Crippen LogP contribution < -0.4 is 0 Å². The molecule has 0 aliphatic heterocycles. The average molecular weight is 154 g/mol. The van der Waals surface area contributed by atoms with E-state index in [1.54, 1.807) is 6.08 Å². The molecule has 0 amide bonds. The average Bonchev–Trinajstić information content (AvgIpc) is 1.86. The molecule has 62 valence electrons. The summed E-state index contributed by atoms with van der Waals surface area (Å²) in [7, 11) is 0. The molecular weight excluding hydrogens is 140 g/mol. The van der Waals surface area contributed by atoms with Gasteiger partial charge in [0.05, 0.1) is 0 Å². The van der Waals surface area contributed by atoms with Gasteiger partial charge in [0.15, 0.2) is 0 Å². The maximum atomic E-state index is 10.0. The number of hydrogen-bond acceptors (Lipinski definition) is 1. The zero-order chi connectivity index (χ0) is 8.85. The van der Waals surface area contributed by atoms with Gasteiger partial charge < -0.3 is 5.11 Å². The third-order valence-electron chi connectivity index (χ3n) is 1.59. The number of aliphatic carboxylic acids is 1. The van der Waals surface area contributed by atoms with E-state index >= 15 is 0 Å². The molecule has 0 bridgehead atoms. The lowest BCUT2D eigenvalue weighted by Crippen LogP contribution is -1.93. The molecule has 0 aliphatic rings. The van der Waals surface area contributed by atoms with Gasteiger partial charge in [0.2, 0.25) is 0 Å². The molecule has 0 aliphatic carbocycles. The summed E-state index contributed by atoms with van der Waals surface area (Å²) in [4.78, 5) is 10.0. The minimum absolute atomic E-state index is 0.366. The normalized spacial score (nSPS) is 13.3. The highest BCUT2D eigenvalue weighted by Gasteiger charge is 1.98. The van der Waals surface area contributed by atoms with Crippen molar-refractivity contribution in [3.8, 4) is 0 Å². The van der Waals surface area contributed by atoms with Gasteiger partial charge in [-0.2, -0.15) is 0 Å². The highest BCUT2D eigenvalue weighted by atomic mass is 16.4. The van der Waals surface area contributed by atoms with Gasteiger partial charge in [-0.25, -0.2) is 4.79 Å².